The molecular weight excluding hydrogens is 460 g/mol. The molecule has 14 nitrogen and oxygen atoms in total. The zero-order chi connectivity index (χ0) is 25.5. The number of azide groups is 2. The molecule has 0 heterocycles. The Bertz CT molecular complexity index is 981. The highest BCUT2D eigenvalue weighted by Crippen LogP contribution is 2.15. The zero-order valence-corrected chi connectivity index (χ0v) is 18.6. The van der Waals surface area contributed by atoms with Gasteiger partial charge in [0.1, 0.15) is 23.6 Å². The molecule has 2 aromatic carbocycles. The Morgan fingerprint density at radius 1 is 0.743 bits per heavy atom. The smallest absolute Gasteiger partial charge is 0.326 e. The molecule has 2 atom stereocenters. The van der Waals surface area contributed by atoms with Gasteiger partial charge in [0.15, 0.2) is 13.5 Å². The quantitative estimate of drug-likeness (QED) is 0.133. The Morgan fingerprint density at radius 2 is 1.11 bits per heavy atom. The van der Waals surface area contributed by atoms with E-state index in [-0.39, 0.29) is 26.3 Å². The van der Waals surface area contributed by atoms with E-state index in [1.54, 1.807) is 48.5 Å². The number of hydrogen-bond acceptors (Lipinski definition) is 10. The summed E-state index contributed by atoms with van der Waals surface area (Å²) in [5, 5.41) is 6.53. The average molecular weight is 484 g/mol. The molecule has 0 aliphatic carbocycles. The second-order valence-corrected chi connectivity index (χ2v) is 6.96. The van der Waals surface area contributed by atoms with Crippen molar-refractivity contribution in [2.45, 2.75) is 24.9 Å². The van der Waals surface area contributed by atoms with Crippen molar-refractivity contribution in [3.8, 4) is 11.5 Å². The van der Waals surface area contributed by atoms with Crippen LogP contribution in [0.3, 0.4) is 0 Å². The standard InChI is InChI=1S/C21H24N8O6/c22-18(9-14-1-5-16(6-2-14)32-11-26-28-24)20(30)34-13-35-21(31)19(23)10-15-3-7-17(8-4-15)33-12-27-29-25/h1-8,18-19H,9-13,22-23H2. The second kappa shape index (κ2) is 14.6. The van der Waals surface area contributed by atoms with E-state index in [2.05, 4.69) is 20.1 Å². The Labute approximate surface area is 199 Å². The second-order valence-electron chi connectivity index (χ2n) is 6.96. The van der Waals surface area contributed by atoms with Crippen molar-refractivity contribution < 1.29 is 28.5 Å². The molecular formula is C21H24N8O6. The molecule has 0 aliphatic heterocycles. The summed E-state index contributed by atoms with van der Waals surface area (Å²) >= 11 is 0. The summed E-state index contributed by atoms with van der Waals surface area (Å²) in [5.41, 5.74) is 29.7. The van der Waals surface area contributed by atoms with Crippen LogP contribution in [-0.2, 0) is 31.9 Å². The number of esters is 2. The molecule has 2 aromatic rings. The lowest BCUT2D eigenvalue weighted by atomic mass is 10.1. The van der Waals surface area contributed by atoms with Crippen molar-refractivity contribution >= 4 is 11.9 Å². The van der Waals surface area contributed by atoms with E-state index in [1.165, 1.54) is 0 Å². The number of nitrogens with zero attached hydrogens (tertiary/aromatic N) is 6. The highest BCUT2D eigenvalue weighted by Gasteiger charge is 2.19. The lowest BCUT2D eigenvalue weighted by molar-refractivity contribution is -0.169. The number of rotatable bonds is 14. The van der Waals surface area contributed by atoms with E-state index in [9.17, 15) is 9.59 Å². The van der Waals surface area contributed by atoms with Crippen molar-refractivity contribution in [2.24, 2.45) is 21.7 Å². The predicted octanol–water partition coefficient (Wildman–Crippen LogP) is 2.46. The Kier molecular flexibility index (Phi) is 11.2. The van der Waals surface area contributed by atoms with Crippen LogP contribution in [0.1, 0.15) is 11.1 Å². The molecule has 0 amide bonds. The van der Waals surface area contributed by atoms with Crippen LogP contribution < -0.4 is 20.9 Å². The van der Waals surface area contributed by atoms with E-state index in [4.69, 9.17) is 41.5 Å². The summed E-state index contributed by atoms with van der Waals surface area (Å²) in [7, 11) is 0. The van der Waals surface area contributed by atoms with Gasteiger partial charge in [0.25, 0.3) is 0 Å². The monoisotopic (exact) mass is 484 g/mol. The lowest BCUT2D eigenvalue weighted by Gasteiger charge is -2.14. The van der Waals surface area contributed by atoms with Crippen LogP contribution >= 0.6 is 0 Å². The van der Waals surface area contributed by atoms with Gasteiger partial charge >= 0.3 is 11.9 Å². The first-order valence-corrected chi connectivity index (χ1v) is 10.2. The molecule has 0 aromatic heterocycles. The number of hydrogen-bond donors (Lipinski definition) is 2. The lowest BCUT2D eigenvalue weighted by Crippen LogP contribution is -2.37. The number of benzene rings is 2. The van der Waals surface area contributed by atoms with E-state index in [0.29, 0.717) is 11.5 Å². The van der Waals surface area contributed by atoms with Crippen LogP contribution in [-0.4, -0.2) is 44.3 Å². The van der Waals surface area contributed by atoms with Crippen LogP contribution in [0.4, 0.5) is 0 Å². The fourth-order valence-corrected chi connectivity index (χ4v) is 2.74. The Balaban J connectivity index is 1.70. The van der Waals surface area contributed by atoms with Gasteiger partial charge in [-0.3, -0.25) is 9.59 Å². The highest BCUT2D eigenvalue weighted by atomic mass is 16.7. The third-order valence-corrected chi connectivity index (χ3v) is 4.47. The minimum atomic E-state index is -0.975. The minimum Gasteiger partial charge on any atom is -0.488 e. The number of carbonyl (C=O) groups is 2. The first kappa shape index (κ1) is 26.8. The minimum absolute atomic E-state index is 0.133. The van der Waals surface area contributed by atoms with Gasteiger partial charge in [0.05, 0.1) is 0 Å². The fourth-order valence-electron chi connectivity index (χ4n) is 2.74. The van der Waals surface area contributed by atoms with E-state index >= 15 is 0 Å². The molecule has 0 aliphatic rings. The molecule has 4 N–H and O–H groups in total. The zero-order valence-electron chi connectivity index (χ0n) is 18.6. The number of nitrogens with two attached hydrogens (primary N) is 2. The normalized spacial score (nSPS) is 11.7. The molecule has 0 bridgehead atoms. The molecule has 0 fully saturated rings. The van der Waals surface area contributed by atoms with Crippen LogP contribution in [0.2, 0.25) is 0 Å². The summed E-state index contributed by atoms with van der Waals surface area (Å²) in [6.45, 7) is -0.881. The Hall–Kier alpha value is -4.48. The van der Waals surface area contributed by atoms with Gasteiger partial charge in [-0.15, -0.1) is 0 Å². The van der Waals surface area contributed by atoms with Crippen LogP contribution in [0, 0.1) is 0 Å². The molecule has 2 rings (SSSR count). The van der Waals surface area contributed by atoms with E-state index < -0.39 is 30.8 Å². The van der Waals surface area contributed by atoms with Crippen molar-refractivity contribution in [2.75, 3.05) is 20.3 Å². The first-order chi connectivity index (χ1) is 16.9. The van der Waals surface area contributed by atoms with E-state index in [0.717, 1.165) is 11.1 Å². The van der Waals surface area contributed by atoms with Crippen molar-refractivity contribution in [3.05, 3.63) is 80.5 Å². The van der Waals surface area contributed by atoms with Crippen molar-refractivity contribution in [3.63, 3.8) is 0 Å². The molecule has 14 heteroatoms. The van der Waals surface area contributed by atoms with Gasteiger partial charge in [-0.2, -0.15) is 0 Å². The van der Waals surface area contributed by atoms with Gasteiger partial charge in [-0.05, 0) is 59.3 Å². The van der Waals surface area contributed by atoms with Crippen LogP contribution in [0.25, 0.3) is 20.9 Å². The van der Waals surface area contributed by atoms with Crippen molar-refractivity contribution in [1.82, 2.24) is 0 Å². The van der Waals surface area contributed by atoms with Gasteiger partial charge in [-0.1, -0.05) is 34.5 Å². The van der Waals surface area contributed by atoms with Crippen LogP contribution in [0.15, 0.2) is 58.8 Å². The largest absolute Gasteiger partial charge is 0.488 e. The summed E-state index contributed by atoms with van der Waals surface area (Å²) in [4.78, 5) is 29.3. The topological polar surface area (TPSA) is 221 Å². The number of ether oxygens (including phenoxy) is 4. The molecule has 0 radical (unpaired) electrons. The molecule has 0 spiro atoms. The summed E-state index contributed by atoms with van der Waals surface area (Å²) in [6, 6.07) is 11.5. The maximum Gasteiger partial charge on any atom is 0.326 e. The SMILES string of the molecule is [N-]=[N+]=NCOc1ccc(CC(N)C(=O)OCOC(=O)C(N)Cc2ccc(OCN=[N+]=[N-])cc2)cc1. The molecule has 184 valence electrons. The maximum atomic E-state index is 12.1. The van der Waals surface area contributed by atoms with Gasteiger partial charge in [-0.25, -0.2) is 0 Å². The third-order valence-electron chi connectivity index (χ3n) is 4.47. The highest BCUT2D eigenvalue weighted by molar-refractivity contribution is 5.77. The number of carbonyl (C=O) groups excluding carboxylic acids is 2. The van der Waals surface area contributed by atoms with E-state index in [1.807, 2.05) is 0 Å². The molecule has 0 saturated heterocycles. The van der Waals surface area contributed by atoms with Crippen LogP contribution in [0.5, 0.6) is 11.5 Å². The van der Waals surface area contributed by atoms with Gasteiger partial charge in [0, 0.05) is 9.82 Å². The fraction of sp³-hybridized carbons (Fsp3) is 0.333. The first-order valence-electron chi connectivity index (χ1n) is 10.2. The Morgan fingerprint density at radius 3 is 1.46 bits per heavy atom. The average Bonchev–Trinajstić information content (AvgIpc) is 2.86. The predicted molar refractivity (Wildman–Crippen MR) is 123 cm³/mol. The van der Waals surface area contributed by atoms with Gasteiger partial charge in [0.2, 0.25) is 6.79 Å². The summed E-state index contributed by atoms with van der Waals surface area (Å²) in [5.74, 6) is -0.497. The molecule has 35 heavy (non-hydrogen) atoms. The molecule has 2 unspecified atom stereocenters. The summed E-state index contributed by atoms with van der Waals surface area (Å²) < 4.78 is 20.2. The maximum absolute atomic E-state index is 12.1. The van der Waals surface area contributed by atoms with Crippen molar-refractivity contribution in [1.29, 1.82) is 0 Å². The third kappa shape index (κ3) is 9.90. The van der Waals surface area contributed by atoms with Gasteiger partial charge < -0.3 is 30.4 Å². The summed E-state index contributed by atoms with van der Waals surface area (Å²) in [6.07, 6.45) is 0.372. The molecule has 0 saturated carbocycles.